The van der Waals surface area contributed by atoms with E-state index < -0.39 is 90.8 Å². The molecule has 404 valence electrons. The fraction of sp³-hybridized carbons (Fsp3) is 0.612. The van der Waals surface area contributed by atoms with Crippen LogP contribution in [0.4, 0.5) is 16.3 Å². The van der Waals surface area contributed by atoms with E-state index in [0.29, 0.717) is 29.0 Å². The van der Waals surface area contributed by atoms with Crippen molar-refractivity contribution in [3.8, 4) is 0 Å². The average molecular weight is 1160 g/mol. The highest BCUT2D eigenvalue weighted by Crippen LogP contribution is 2.42. The van der Waals surface area contributed by atoms with Crippen LogP contribution in [0.25, 0.3) is 11.2 Å². The number of hydrogen-bond donors (Lipinski definition) is 9. The molecule has 0 radical (unpaired) electrons. The van der Waals surface area contributed by atoms with Gasteiger partial charge < -0.3 is 56.3 Å². The monoisotopic (exact) mass is 1160 g/mol. The van der Waals surface area contributed by atoms with E-state index in [1.165, 1.54) is 18.2 Å². The number of halogens is 1. The Bertz CT molecular complexity index is 2520. The van der Waals surface area contributed by atoms with E-state index in [9.17, 15) is 48.9 Å². The van der Waals surface area contributed by atoms with E-state index in [-0.39, 0.29) is 78.4 Å². The van der Waals surface area contributed by atoms with E-state index in [1.807, 2.05) is 31.1 Å². The number of anilines is 2. The zero-order chi connectivity index (χ0) is 54.0. The van der Waals surface area contributed by atoms with E-state index in [1.54, 1.807) is 44.4 Å². The molecule has 6 rings (SSSR count). The van der Waals surface area contributed by atoms with Gasteiger partial charge in [0, 0.05) is 47.5 Å². The lowest BCUT2D eigenvalue weighted by Gasteiger charge is -2.43. The molecule has 3 fully saturated rings. The number of benzene rings is 1. The molecule has 3 aliphatic heterocycles. The van der Waals surface area contributed by atoms with E-state index in [2.05, 4.69) is 73.0 Å². The molecule has 23 nitrogen and oxygen atoms in total. The second-order valence-corrected chi connectivity index (χ2v) is 22.1. The third-order valence-electron chi connectivity index (χ3n) is 13.9. The molecule has 7 amide bonds. The molecule has 3 unspecified atom stereocenters. The van der Waals surface area contributed by atoms with Gasteiger partial charge in [-0.05, 0) is 49.8 Å². The van der Waals surface area contributed by atoms with Gasteiger partial charge in [0.2, 0.25) is 41.0 Å². The number of imide groups is 1. The molecule has 25 heteroatoms. The molecule has 0 spiro atoms. The van der Waals surface area contributed by atoms with Gasteiger partial charge in [-0.2, -0.15) is 4.98 Å². The smallest absolute Gasteiger partial charge is 0.410 e. The minimum absolute atomic E-state index is 0.0162. The molecular formula is C49H70IN11O12P+. The minimum Gasteiger partial charge on any atom is -0.445 e. The van der Waals surface area contributed by atoms with Crippen LogP contribution < -0.4 is 31.2 Å². The number of rotatable bonds is 23. The van der Waals surface area contributed by atoms with Crippen molar-refractivity contribution < 1.29 is 62.9 Å². The average Bonchev–Trinajstić information content (AvgIpc) is 4.12. The summed E-state index contributed by atoms with van der Waals surface area (Å²) in [5, 5.41) is 46.3. The Kier molecular flexibility index (Phi) is 20.3. The Morgan fingerprint density at radius 3 is 2.45 bits per heavy atom. The molecule has 74 heavy (non-hydrogen) atoms. The third-order valence-corrected chi connectivity index (χ3v) is 16.5. The Morgan fingerprint density at radius 2 is 1.78 bits per heavy atom. The van der Waals surface area contributed by atoms with Gasteiger partial charge in [0.05, 0.1) is 31.0 Å². The molecule has 2 aromatic heterocycles. The molecular weight excluding hydrogens is 1090 g/mol. The van der Waals surface area contributed by atoms with Gasteiger partial charge in [-0.25, -0.2) is 9.36 Å². The molecule has 0 saturated carbocycles. The third kappa shape index (κ3) is 13.9. The minimum atomic E-state index is -1.55. The number of alkyl halides is 1. The molecule has 9 N–H and O–H groups in total. The first kappa shape index (κ1) is 57.9. The number of aliphatic hydroxyl groups is 3. The van der Waals surface area contributed by atoms with Gasteiger partial charge in [0.25, 0.3) is 0 Å². The second kappa shape index (κ2) is 25.9. The van der Waals surface area contributed by atoms with Crippen LogP contribution in [0.5, 0.6) is 0 Å². The quantitative estimate of drug-likeness (QED) is 0.0214. The lowest BCUT2D eigenvalue weighted by atomic mass is 9.85. The zero-order valence-corrected chi connectivity index (χ0v) is 45.7. The Balaban J connectivity index is 0.917. The van der Waals surface area contributed by atoms with Crippen LogP contribution in [0.3, 0.4) is 0 Å². The SMILES string of the molecule is CCCC(I)(CC)C1CC(=O)N(CCC(=O)N[C@H](C(=O)N[C@@H](C)C(=O)Nc2ccc(COC(=O)N3CC[C@@H](C(=O)N[C@@H]4[C@@H](O)[C@H](O)[C@@H](Nc5ncnc6c5[nH]c[n+]6CC(C)C=P)O[C@H]4CO)C3)cc2)C(C)C)C1=O. The predicted molar refractivity (Wildman–Crippen MR) is 282 cm³/mol. The molecule has 0 bridgehead atoms. The van der Waals surface area contributed by atoms with Crippen molar-refractivity contribution >= 4 is 101 Å². The molecule has 1 aromatic carbocycles. The van der Waals surface area contributed by atoms with E-state index >= 15 is 0 Å². The number of nitrogens with one attached hydrogen (secondary N) is 6. The van der Waals surface area contributed by atoms with Gasteiger partial charge >= 0.3 is 11.7 Å². The largest absolute Gasteiger partial charge is 0.445 e. The van der Waals surface area contributed by atoms with Crippen LogP contribution in [0.1, 0.15) is 85.6 Å². The standard InChI is InChI=1S/C49H69IN11O12P/c1-7-15-49(50,8-2)32-18-35(64)61(47(32)70)17-14-34(63)56-36(26(3)4)45(69)54-28(6)43(67)55-31-11-9-29(10-12-31)22-72-48(71)59-16-13-30(20-59)44(68)57-37-33(21-62)73-46(40(66)39(37)65)58-41-38-42(52-24-51-41)60(25-53-38)19-27(5)23-74/h9-12,23-28,30,32-33,36-37,39-40,46,62,65-66,74H,7-8,13-22H2,1-6H3,(H5,51,52,54,55,56,57,58,63,67,68,69)/p+1/t27?,28-,30+,32?,33-,36-,37-,39+,40-,46-,49?/m0/s1. The summed E-state index contributed by atoms with van der Waals surface area (Å²) in [5.74, 6) is -1.85. The summed E-state index contributed by atoms with van der Waals surface area (Å²) < 4.78 is 13.0. The summed E-state index contributed by atoms with van der Waals surface area (Å²) >= 11 is 2.30. The van der Waals surface area contributed by atoms with Crippen molar-refractivity contribution in [2.75, 3.05) is 36.9 Å². The predicted octanol–water partition coefficient (Wildman–Crippen LogP) is 1.55. The van der Waals surface area contributed by atoms with Gasteiger partial charge in [-0.15, -0.1) is 8.86 Å². The van der Waals surface area contributed by atoms with Crippen LogP contribution in [0, 0.1) is 23.7 Å². The fourth-order valence-electron chi connectivity index (χ4n) is 9.39. The van der Waals surface area contributed by atoms with Gasteiger partial charge in [-0.3, -0.25) is 38.7 Å². The summed E-state index contributed by atoms with van der Waals surface area (Å²) in [5.41, 5.74) is 2.12. The Hall–Kier alpha value is -5.40. The summed E-state index contributed by atoms with van der Waals surface area (Å²) in [7, 11) is 3.42. The number of likely N-dealkylation sites (tertiary alicyclic amines) is 2. The number of imidazole rings is 1. The first-order valence-electron chi connectivity index (χ1n) is 25.1. The lowest BCUT2D eigenvalue weighted by Crippen LogP contribution is -2.66. The van der Waals surface area contributed by atoms with E-state index in [0.717, 1.165) is 24.2 Å². The van der Waals surface area contributed by atoms with Crippen LogP contribution >= 0.6 is 31.5 Å². The van der Waals surface area contributed by atoms with Crippen LogP contribution in [0.2, 0.25) is 0 Å². The summed E-state index contributed by atoms with van der Waals surface area (Å²) in [6.45, 7) is 11.1. The number of hydrogen-bond acceptors (Lipinski definition) is 15. The number of carbonyl (C=O) groups excluding carboxylic acids is 7. The van der Waals surface area contributed by atoms with Crippen molar-refractivity contribution in [3.63, 3.8) is 0 Å². The number of carbonyl (C=O) groups is 7. The number of H-pyrrole nitrogens is 1. The van der Waals surface area contributed by atoms with Gasteiger partial charge in [0.15, 0.2) is 24.7 Å². The van der Waals surface area contributed by atoms with Crippen LogP contribution in [0.15, 0.2) is 36.9 Å². The molecule has 0 aliphatic carbocycles. The number of ether oxygens (including phenoxy) is 2. The maximum Gasteiger partial charge on any atom is 0.410 e. The second-order valence-electron chi connectivity index (χ2n) is 19.6. The van der Waals surface area contributed by atoms with E-state index in [4.69, 9.17) is 9.47 Å². The highest BCUT2D eigenvalue weighted by Gasteiger charge is 2.49. The normalized spacial score (nSPS) is 24.0. The van der Waals surface area contributed by atoms with Crippen molar-refractivity contribution in [2.24, 2.45) is 23.7 Å². The highest BCUT2D eigenvalue weighted by molar-refractivity contribution is 14.1. The van der Waals surface area contributed by atoms with Crippen LogP contribution in [-0.4, -0.2) is 160 Å². The number of aliphatic hydroxyl groups excluding tert-OH is 3. The van der Waals surface area contributed by atoms with Gasteiger partial charge in [-0.1, -0.05) is 86.5 Å². The fourth-order valence-corrected chi connectivity index (χ4v) is 10.5. The maximum absolute atomic E-state index is 13.5. The lowest BCUT2D eigenvalue weighted by molar-refractivity contribution is -0.676. The molecule has 3 aromatic rings. The maximum atomic E-state index is 13.5. The van der Waals surface area contributed by atoms with Crippen molar-refractivity contribution in [1.29, 1.82) is 0 Å². The molecule has 11 atom stereocenters. The Morgan fingerprint density at radius 1 is 1.05 bits per heavy atom. The molecule has 5 heterocycles. The first-order valence-corrected chi connectivity index (χ1v) is 26.7. The Labute approximate surface area is 445 Å². The highest BCUT2D eigenvalue weighted by atomic mass is 127. The van der Waals surface area contributed by atoms with Crippen molar-refractivity contribution in [3.05, 3.63) is 42.5 Å². The number of fused-ring (bicyclic) bond motifs is 1. The summed E-state index contributed by atoms with van der Waals surface area (Å²) in [6, 6.07) is 3.31. The van der Waals surface area contributed by atoms with Crippen molar-refractivity contribution in [1.82, 2.24) is 40.7 Å². The van der Waals surface area contributed by atoms with Gasteiger partial charge in [0.1, 0.15) is 37.0 Å². The first-order chi connectivity index (χ1) is 35.2. The number of amides is 7. The zero-order valence-electron chi connectivity index (χ0n) is 42.5. The summed E-state index contributed by atoms with van der Waals surface area (Å²) in [4.78, 5) is 106. The summed E-state index contributed by atoms with van der Waals surface area (Å²) in [6.07, 6.45) is -0.381. The molecule has 3 aliphatic rings. The topological polar surface area (TPSA) is 311 Å². The van der Waals surface area contributed by atoms with Crippen molar-refractivity contribution in [2.45, 2.75) is 139 Å². The van der Waals surface area contributed by atoms with Crippen LogP contribution in [-0.2, 0) is 51.4 Å². The number of aromatic amines is 1. The molecule has 3 saturated heterocycles. The number of aromatic nitrogens is 4. The number of nitrogens with zero attached hydrogens (tertiary/aromatic N) is 5.